The number of halogens is 1. The van der Waals surface area contributed by atoms with Crippen LogP contribution in [0.4, 0.5) is 4.39 Å². The number of nitrogens with one attached hydrogen (secondary N) is 1. The molecular formula is C13H15FN2O. The zero-order valence-corrected chi connectivity index (χ0v) is 9.96. The molecule has 0 aliphatic rings. The van der Waals surface area contributed by atoms with Crippen LogP contribution in [-0.4, -0.2) is 11.4 Å². The Hall–Kier alpha value is -1.89. The van der Waals surface area contributed by atoms with Crippen LogP contribution in [-0.2, 0) is 11.2 Å². The van der Waals surface area contributed by atoms with Gasteiger partial charge in [-0.25, -0.2) is 4.39 Å². The molecule has 0 saturated carbocycles. The summed E-state index contributed by atoms with van der Waals surface area (Å²) in [7, 11) is 0. The van der Waals surface area contributed by atoms with E-state index in [1.165, 1.54) is 12.1 Å². The third-order valence-electron chi connectivity index (χ3n) is 2.65. The van der Waals surface area contributed by atoms with Gasteiger partial charge in [0.1, 0.15) is 11.4 Å². The molecular weight excluding hydrogens is 219 g/mol. The van der Waals surface area contributed by atoms with Crippen molar-refractivity contribution in [2.45, 2.75) is 32.2 Å². The Labute approximate surface area is 100 Å². The average Bonchev–Trinajstić information content (AvgIpc) is 2.32. The summed E-state index contributed by atoms with van der Waals surface area (Å²) in [5.74, 6) is -0.563. The maximum Gasteiger partial charge on any atom is 0.225 e. The second kappa shape index (κ2) is 5.44. The predicted octanol–water partition coefficient (Wildman–Crippen LogP) is 2.18. The van der Waals surface area contributed by atoms with Gasteiger partial charge in [-0.05, 0) is 31.0 Å². The Morgan fingerprint density at radius 1 is 1.47 bits per heavy atom. The predicted molar refractivity (Wildman–Crippen MR) is 62.6 cm³/mol. The second-order valence-electron chi connectivity index (χ2n) is 4.15. The number of hydrogen-bond acceptors (Lipinski definition) is 2. The highest BCUT2D eigenvalue weighted by Gasteiger charge is 2.23. The van der Waals surface area contributed by atoms with Crippen molar-refractivity contribution in [3.05, 3.63) is 35.6 Å². The number of carbonyl (C=O) groups excluding carboxylic acids is 1. The van der Waals surface area contributed by atoms with Gasteiger partial charge < -0.3 is 5.32 Å². The number of benzene rings is 1. The number of nitrogens with zero attached hydrogens (tertiary/aromatic N) is 1. The molecule has 17 heavy (non-hydrogen) atoms. The Balaban J connectivity index is 2.62. The van der Waals surface area contributed by atoms with Gasteiger partial charge in [-0.2, -0.15) is 5.26 Å². The normalized spacial score (nSPS) is 13.5. The van der Waals surface area contributed by atoms with E-state index in [0.717, 1.165) is 5.56 Å². The van der Waals surface area contributed by atoms with Gasteiger partial charge in [-0.3, -0.25) is 4.79 Å². The first kappa shape index (κ1) is 13.2. The number of carbonyl (C=O) groups is 1. The molecule has 0 unspecified atom stereocenters. The van der Waals surface area contributed by atoms with Gasteiger partial charge >= 0.3 is 0 Å². The van der Waals surface area contributed by atoms with Gasteiger partial charge in [0.05, 0.1) is 12.5 Å². The minimum atomic E-state index is -0.836. The van der Waals surface area contributed by atoms with E-state index in [2.05, 4.69) is 11.4 Å². The average molecular weight is 234 g/mol. The zero-order valence-electron chi connectivity index (χ0n) is 9.96. The fourth-order valence-electron chi connectivity index (χ4n) is 1.33. The summed E-state index contributed by atoms with van der Waals surface area (Å²) in [4.78, 5) is 11.7. The van der Waals surface area contributed by atoms with Crippen LogP contribution in [0.5, 0.6) is 0 Å². The Kier molecular flexibility index (Phi) is 4.22. The molecule has 1 N–H and O–H groups in total. The summed E-state index contributed by atoms with van der Waals surface area (Å²) < 4.78 is 12.7. The first-order chi connectivity index (χ1) is 7.99. The molecule has 1 amide bonds. The third kappa shape index (κ3) is 3.87. The Morgan fingerprint density at radius 2 is 2.06 bits per heavy atom. The van der Waals surface area contributed by atoms with Crippen molar-refractivity contribution in [1.82, 2.24) is 5.32 Å². The number of nitriles is 1. The topological polar surface area (TPSA) is 52.9 Å². The number of amides is 1. The maximum atomic E-state index is 12.7. The van der Waals surface area contributed by atoms with Crippen molar-refractivity contribution in [3.63, 3.8) is 0 Å². The van der Waals surface area contributed by atoms with Crippen LogP contribution < -0.4 is 5.32 Å². The number of hydrogen-bond donors (Lipinski definition) is 1. The largest absolute Gasteiger partial charge is 0.338 e. The monoisotopic (exact) mass is 234 g/mol. The van der Waals surface area contributed by atoms with E-state index in [-0.39, 0.29) is 18.1 Å². The van der Waals surface area contributed by atoms with E-state index in [1.54, 1.807) is 19.1 Å². The van der Waals surface area contributed by atoms with Crippen LogP contribution >= 0.6 is 0 Å². The summed E-state index contributed by atoms with van der Waals surface area (Å²) in [6.07, 6.45) is 0.691. The maximum absolute atomic E-state index is 12.7. The molecule has 0 spiro atoms. The summed E-state index contributed by atoms with van der Waals surface area (Å²) in [5, 5.41) is 11.6. The van der Waals surface area contributed by atoms with Crippen molar-refractivity contribution in [2.75, 3.05) is 0 Å². The van der Waals surface area contributed by atoms with Crippen LogP contribution in [0.3, 0.4) is 0 Å². The molecule has 0 aliphatic carbocycles. The summed E-state index contributed by atoms with van der Waals surface area (Å²) in [5.41, 5.74) is -0.114. The lowest BCUT2D eigenvalue weighted by Gasteiger charge is -2.21. The molecule has 90 valence electrons. The summed E-state index contributed by atoms with van der Waals surface area (Å²) in [6.45, 7) is 3.51. The minimum Gasteiger partial charge on any atom is -0.338 e. The van der Waals surface area contributed by atoms with Gasteiger partial charge in [-0.1, -0.05) is 19.1 Å². The highest BCUT2D eigenvalue weighted by Crippen LogP contribution is 2.09. The van der Waals surface area contributed by atoms with Crippen molar-refractivity contribution in [3.8, 4) is 6.07 Å². The van der Waals surface area contributed by atoms with E-state index in [1.807, 2.05) is 6.92 Å². The SMILES string of the molecule is CC[C@](C)(C#N)NC(=O)Cc1ccc(F)cc1. The van der Waals surface area contributed by atoms with Gasteiger partial charge in [0.15, 0.2) is 0 Å². The molecule has 0 bridgehead atoms. The van der Waals surface area contributed by atoms with E-state index >= 15 is 0 Å². The van der Waals surface area contributed by atoms with E-state index < -0.39 is 5.54 Å². The fraction of sp³-hybridized carbons (Fsp3) is 0.385. The standard InChI is InChI=1S/C13H15FN2O/c1-3-13(2,9-15)16-12(17)8-10-4-6-11(14)7-5-10/h4-7H,3,8H2,1-2H3,(H,16,17)/t13-/m1/s1. The van der Waals surface area contributed by atoms with Crippen LogP contribution in [0.15, 0.2) is 24.3 Å². The van der Waals surface area contributed by atoms with Crippen LogP contribution in [0.1, 0.15) is 25.8 Å². The highest BCUT2D eigenvalue weighted by atomic mass is 19.1. The molecule has 3 nitrogen and oxygen atoms in total. The minimum absolute atomic E-state index is 0.150. The van der Waals surface area contributed by atoms with Crippen molar-refractivity contribution < 1.29 is 9.18 Å². The molecule has 1 atom stereocenters. The second-order valence-corrected chi connectivity index (χ2v) is 4.15. The third-order valence-corrected chi connectivity index (χ3v) is 2.65. The van der Waals surface area contributed by atoms with Crippen LogP contribution in [0.25, 0.3) is 0 Å². The van der Waals surface area contributed by atoms with Gasteiger partial charge in [-0.15, -0.1) is 0 Å². The lowest BCUT2D eigenvalue weighted by molar-refractivity contribution is -0.121. The molecule has 0 saturated heterocycles. The quantitative estimate of drug-likeness (QED) is 0.868. The van der Waals surface area contributed by atoms with Crippen molar-refractivity contribution >= 4 is 5.91 Å². The lowest BCUT2D eigenvalue weighted by Crippen LogP contribution is -2.44. The molecule has 1 aromatic carbocycles. The van der Waals surface area contributed by atoms with Gasteiger partial charge in [0.2, 0.25) is 5.91 Å². The molecule has 0 aliphatic heterocycles. The molecule has 0 heterocycles. The van der Waals surface area contributed by atoms with Gasteiger partial charge in [0.25, 0.3) is 0 Å². The van der Waals surface area contributed by atoms with Crippen LogP contribution in [0.2, 0.25) is 0 Å². The van der Waals surface area contributed by atoms with Crippen molar-refractivity contribution in [2.24, 2.45) is 0 Å². The first-order valence-electron chi connectivity index (χ1n) is 5.46. The van der Waals surface area contributed by atoms with E-state index in [4.69, 9.17) is 5.26 Å². The first-order valence-corrected chi connectivity index (χ1v) is 5.46. The van der Waals surface area contributed by atoms with Crippen LogP contribution in [0, 0.1) is 17.1 Å². The molecule has 0 aromatic heterocycles. The molecule has 1 aromatic rings. The molecule has 0 radical (unpaired) electrons. The lowest BCUT2D eigenvalue weighted by atomic mass is 10.0. The Morgan fingerprint density at radius 3 is 2.53 bits per heavy atom. The van der Waals surface area contributed by atoms with E-state index in [9.17, 15) is 9.18 Å². The van der Waals surface area contributed by atoms with E-state index in [0.29, 0.717) is 6.42 Å². The highest BCUT2D eigenvalue weighted by molar-refractivity contribution is 5.79. The fourth-order valence-corrected chi connectivity index (χ4v) is 1.33. The smallest absolute Gasteiger partial charge is 0.225 e. The molecule has 1 rings (SSSR count). The number of rotatable bonds is 4. The molecule has 4 heteroatoms. The summed E-state index contributed by atoms with van der Waals surface area (Å²) >= 11 is 0. The van der Waals surface area contributed by atoms with Crippen molar-refractivity contribution in [1.29, 1.82) is 5.26 Å². The molecule has 0 fully saturated rings. The Bertz CT molecular complexity index is 436. The zero-order chi connectivity index (χ0) is 12.9. The summed E-state index contributed by atoms with van der Waals surface area (Å²) in [6, 6.07) is 7.81. The van der Waals surface area contributed by atoms with Gasteiger partial charge in [0, 0.05) is 0 Å².